The number of amides is 4. The Morgan fingerprint density at radius 3 is 2.35 bits per heavy atom. The smallest absolute Gasteiger partial charge is 0.325 e. The molecule has 1 spiro atoms. The highest BCUT2D eigenvalue weighted by Gasteiger charge is 2.55. The third-order valence-corrected chi connectivity index (χ3v) is 7.07. The molecule has 8 nitrogen and oxygen atoms in total. The lowest BCUT2D eigenvalue weighted by molar-refractivity contribution is -0.140. The lowest BCUT2D eigenvalue weighted by Crippen LogP contribution is -2.55. The van der Waals surface area contributed by atoms with E-state index in [2.05, 4.69) is 10.2 Å². The van der Waals surface area contributed by atoms with Gasteiger partial charge in [-0.3, -0.25) is 19.3 Å². The van der Waals surface area contributed by atoms with Gasteiger partial charge in [0, 0.05) is 37.4 Å². The predicted molar refractivity (Wildman–Crippen MR) is 116 cm³/mol. The summed E-state index contributed by atoms with van der Waals surface area (Å²) in [7, 11) is 0. The largest absolute Gasteiger partial charge is 0.368 e. The van der Waals surface area contributed by atoms with Crippen molar-refractivity contribution in [3.63, 3.8) is 0 Å². The molecule has 1 aliphatic carbocycles. The second-order valence-electron chi connectivity index (χ2n) is 8.91. The van der Waals surface area contributed by atoms with Gasteiger partial charge in [0.05, 0.1) is 0 Å². The normalized spacial score (nSPS) is 26.4. The molecule has 1 aromatic rings. The van der Waals surface area contributed by atoms with E-state index < -0.39 is 11.6 Å². The monoisotopic (exact) mass is 426 g/mol. The minimum absolute atomic E-state index is 0.0341. The molecule has 2 saturated heterocycles. The Balaban J connectivity index is 1.34. The van der Waals surface area contributed by atoms with Gasteiger partial charge in [-0.05, 0) is 49.9 Å². The van der Waals surface area contributed by atoms with Crippen molar-refractivity contribution in [1.29, 1.82) is 0 Å². The van der Waals surface area contributed by atoms with Gasteiger partial charge in [-0.1, -0.05) is 19.8 Å². The number of hydrogen-bond acceptors (Lipinski definition) is 5. The molecule has 4 amide bonds. The molecule has 3 aliphatic rings. The summed E-state index contributed by atoms with van der Waals surface area (Å²) in [4.78, 5) is 54.9. The molecule has 31 heavy (non-hydrogen) atoms. The number of Topliss-reactive ketones (excluding diaryl/α,β-unsaturated/α-hetero) is 1. The maximum Gasteiger partial charge on any atom is 0.325 e. The number of imide groups is 1. The fraction of sp³-hybridized carbons (Fsp3) is 0.565. The second kappa shape index (κ2) is 8.32. The molecular weight excluding hydrogens is 396 g/mol. The molecule has 166 valence electrons. The van der Waals surface area contributed by atoms with E-state index in [0.717, 1.165) is 29.8 Å². The van der Waals surface area contributed by atoms with Crippen LogP contribution < -0.4 is 10.2 Å². The quantitative estimate of drug-likeness (QED) is 0.588. The number of carbonyl (C=O) groups excluding carboxylic acids is 4. The predicted octanol–water partition coefficient (Wildman–Crippen LogP) is 2.04. The van der Waals surface area contributed by atoms with E-state index in [4.69, 9.17) is 0 Å². The maximum absolute atomic E-state index is 13.1. The zero-order chi connectivity index (χ0) is 22.2. The molecule has 2 heterocycles. The summed E-state index contributed by atoms with van der Waals surface area (Å²) in [6.45, 7) is 5.72. The van der Waals surface area contributed by atoms with Gasteiger partial charge in [0.15, 0.2) is 5.78 Å². The van der Waals surface area contributed by atoms with Crippen LogP contribution in [0, 0.1) is 5.92 Å². The van der Waals surface area contributed by atoms with Gasteiger partial charge in [0.25, 0.3) is 5.91 Å². The molecule has 4 rings (SSSR count). The Bertz CT molecular complexity index is 891. The zero-order valence-corrected chi connectivity index (χ0v) is 18.2. The van der Waals surface area contributed by atoms with Gasteiger partial charge in [-0.2, -0.15) is 0 Å². The summed E-state index contributed by atoms with van der Waals surface area (Å²) in [5, 5.41) is 2.90. The Morgan fingerprint density at radius 2 is 1.74 bits per heavy atom. The van der Waals surface area contributed by atoms with E-state index in [1.165, 1.54) is 0 Å². The second-order valence-corrected chi connectivity index (χ2v) is 8.91. The third-order valence-electron chi connectivity index (χ3n) is 7.07. The molecule has 8 heteroatoms. The van der Waals surface area contributed by atoms with E-state index in [0.29, 0.717) is 38.2 Å². The summed E-state index contributed by atoms with van der Waals surface area (Å²) in [5.74, 6) is -0.333. The van der Waals surface area contributed by atoms with Gasteiger partial charge in [-0.15, -0.1) is 0 Å². The number of ketones is 1. The number of benzene rings is 1. The maximum atomic E-state index is 13.1. The van der Waals surface area contributed by atoms with Crippen molar-refractivity contribution in [1.82, 2.24) is 15.1 Å². The van der Waals surface area contributed by atoms with Crippen LogP contribution in [-0.2, 0) is 9.59 Å². The molecule has 1 N–H and O–H groups in total. The number of rotatable bonds is 4. The van der Waals surface area contributed by atoms with Crippen molar-refractivity contribution in [2.45, 2.75) is 45.1 Å². The van der Waals surface area contributed by atoms with Gasteiger partial charge >= 0.3 is 6.03 Å². The van der Waals surface area contributed by atoms with Gasteiger partial charge in [0.1, 0.15) is 12.1 Å². The van der Waals surface area contributed by atoms with Crippen LogP contribution in [0.3, 0.4) is 0 Å². The molecule has 2 aliphatic heterocycles. The summed E-state index contributed by atoms with van der Waals surface area (Å²) in [6, 6.07) is 7.03. The minimum Gasteiger partial charge on any atom is -0.368 e. The lowest BCUT2D eigenvalue weighted by atomic mass is 9.73. The average Bonchev–Trinajstić information content (AvgIpc) is 3.01. The Labute approximate surface area is 182 Å². The van der Waals surface area contributed by atoms with Gasteiger partial charge in [-0.25, -0.2) is 4.79 Å². The summed E-state index contributed by atoms with van der Waals surface area (Å²) >= 11 is 0. The van der Waals surface area contributed by atoms with Crippen LogP contribution in [0.25, 0.3) is 0 Å². The molecular formula is C23H30N4O4. The van der Waals surface area contributed by atoms with E-state index in [9.17, 15) is 19.2 Å². The van der Waals surface area contributed by atoms with E-state index >= 15 is 0 Å². The number of urea groups is 1. The number of nitrogens with one attached hydrogen (secondary N) is 1. The lowest BCUT2D eigenvalue weighted by Gasteiger charge is -2.37. The first kappa shape index (κ1) is 21.3. The molecule has 1 aromatic carbocycles. The average molecular weight is 427 g/mol. The first-order valence-electron chi connectivity index (χ1n) is 11.1. The third kappa shape index (κ3) is 3.91. The number of hydrogen-bond donors (Lipinski definition) is 1. The molecule has 0 bridgehead atoms. The van der Waals surface area contributed by atoms with Crippen LogP contribution in [0.2, 0.25) is 0 Å². The number of piperazine rings is 1. The summed E-state index contributed by atoms with van der Waals surface area (Å²) < 4.78 is 0. The van der Waals surface area contributed by atoms with E-state index in [-0.39, 0.29) is 30.1 Å². The Hall–Kier alpha value is -2.90. The molecule has 0 aromatic heterocycles. The fourth-order valence-corrected chi connectivity index (χ4v) is 5.00. The number of anilines is 1. The minimum atomic E-state index is -0.833. The van der Waals surface area contributed by atoms with Crippen molar-refractivity contribution < 1.29 is 19.2 Å². The van der Waals surface area contributed by atoms with Crippen molar-refractivity contribution in [3.05, 3.63) is 29.8 Å². The molecule has 0 unspecified atom stereocenters. The van der Waals surface area contributed by atoms with Crippen molar-refractivity contribution in [3.8, 4) is 0 Å². The number of carbonyl (C=O) groups is 4. The van der Waals surface area contributed by atoms with Crippen molar-refractivity contribution in [2.24, 2.45) is 5.92 Å². The standard InChI is InChI=1S/C23H30N4O4/c1-16-5-3-4-10-23(16)21(30)27(22(31)24-23)15-20(29)26-13-11-25(12-14-26)19-8-6-18(7-9-19)17(2)28/h6-9,16H,3-5,10-15H2,1-2H3,(H,24,31)/t16-,23+/m1/s1. The van der Waals surface area contributed by atoms with Crippen LogP contribution >= 0.6 is 0 Å². The Kier molecular flexibility index (Phi) is 5.73. The summed E-state index contributed by atoms with van der Waals surface area (Å²) in [6.07, 6.45) is 3.52. The first-order chi connectivity index (χ1) is 14.8. The molecule has 2 atom stereocenters. The molecule has 0 radical (unpaired) electrons. The zero-order valence-electron chi connectivity index (χ0n) is 18.2. The van der Waals surface area contributed by atoms with E-state index in [1.807, 2.05) is 31.2 Å². The van der Waals surface area contributed by atoms with Crippen LogP contribution in [0.1, 0.15) is 49.9 Å². The molecule has 1 saturated carbocycles. The summed E-state index contributed by atoms with van der Waals surface area (Å²) in [5.41, 5.74) is 0.857. The van der Waals surface area contributed by atoms with Crippen molar-refractivity contribution >= 4 is 29.3 Å². The van der Waals surface area contributed by atoms with Crippen LogP contribution in [-0.4, -0.2) is 71.7 Å². The highest BCUT2D eigenvalue weighted by atomic mass is 16.2. The highest BCUT2D eigenvalue weighted by Crippen LogP contribution is 2.38. The van der Waals surface area contributed by atoms with Gasteiger partial charge in [0.2, 0.25) is 5.91 Å². The van der Waals surface area contributed by atoms with Crippen LogP contribution in [0.15, 0.2) is 24.3 Å². The van der Waals surface area contributed by atoms with Crippen molar-refractivity contribution in [2.75, 3.05) is 37.6 Å². The first-order valence-corrected chi connectivity index (χ1v) is 11.1. The Morgan fingerprint density at radius 1 is 1.06 bits per heavy atom. The fourth-order valence-electron chi connectivity index (χ4n) is 5.00. The topological polar surface area (TPSA) is 90.0 Å². The molecule has 3 fully saturated rings. The van der Waals surface area contributed by atoms with Gasteiger partial charge < -0.3 is 15.1 Å². The number of nitrogens with zero attached hydrogens (tertiary/aromatic N) is 3. The highest BCUT2D eigenvalue weighted by molar-refractivity contribution is 6.09. The van der Waals surface area contributed by atoms with Crippen LogP contribution in [0.4, 0.5) is 10.5 Å². The van der Waals surface area contributed by atoms with E-state index in [1.54, 1.807) is 11.8 Å². The SMILES string of the molecule is CC(=O)c1ccc(N2CCN(C(=O)CN3C(=O)N[C@]4(CCCC[C@H]4C)C3=O)CC2)cc1. The van der Waals surface area contributed by atoms with Crippen LogP contribution in [0.5, 0.6) is 0 Å².